The van der Waals surface area contributed by atoms with Crippen molar-refractivity contribution in [3.63, 3.8) is 0 Å². The van der Waals surface area contributed by atoms with E-state index in [2.05, 4.69) is 171 Å². The van der Waals surface area contributed by atoms with E-state index < -0.39 is 0 Å². The highest BCUT2D eigenvalue weighted by molar-refractivity contribution is 7.26. The molecule has 1 nitrogen and oxygen atoms in total. The van der Waals surface area contributed by atoms with Crippen LogP contribution in [0.5, 0.6) is 0 Å². The Morgan fingerprint density at radius 1 is 0.358 bits per heavy atom. The van der Waals surface area contributed by atoms with Gasteiger partial charge >= 0.3 is 0 Å². The Morgan fingerprint density at radius 3 is 1.36 bits per heavy atom. The number of hydrogen-bond acceptors (Lipinski definition) is 2. The quantitative estimate of drug-likeness (QED) is 0.167. The molecule has 11 rings (SSSR count). The molecule has 0 bridgehead atoms. The fourth-order valence-corrected chi connectivity index (χ4v) is 10.0. The summed E-state index contributed by atoms with van der Waals surface area (Å²) in [5, 5.41) is 12.7. The number of hydrogen-bond donors (Lipinski definition) is 0. The molecule has 0 aliphatic carbocycles. The maximum absolute atomic E-state index is 5.72. The second-order valence-electron chi connectivity index (χ2n) is 14.0. The zero-order valence-corrected chi connectivity index (χ0v) is 29.9. The van der Waals surface area contributed by atoms with Crippen molar-refractivity contribution in [2.75, 3.05) is 0 Å². The Morgan fingerprint density at radius 2 is 0.830 bits per heavy atom. The average Bonchev–Trinajstić information content (AvgIpc) is 3.82. The first kappa shape index (κ1) is 30.2. The van der Waals surface area contributed by atoms with E-state index in [1.807, 2.05) is 23.9 Å². The average molecular weight is 693 g/mol. The van der Waals surface area contributed by atoms with Crippen molar-refractivity contribution in [3.05, 3.63) is 182 Å². The molecule has 0 fully saturated rings. The van der Waals surface area contributed by atoms with Crippen LogP contribution < -0.4 is 0 Å². The van der Waals surface area contributed by atoms with Crippen LogP contribution in [0, 0.1) is 6.92 Å². The summed E-state index contributed by atoms with van der Waals surface area (Å²) in [6, 6.07) is 60.4. The van der Waals surface area contributed by atoms with Crippen LogP contribution in [0.15, 0.2) is 181 Å². The van der Waals surface area contributed by atoms with Gasteiger partial charge in [-0.05, 0) is 95.5 Å². The van der Waals surface area contributed by atoms with E-state index in [1.165, 1.54) is 102 Å². The second-order valence-corrected chi connectivity index (χ2v) is 15.1. The van der Waals surface area contributed by atoms with Crippen molar-refractivity contribution in [1.82, 2.24) is 0 Å². The van der Waals surface area contributed by atoms with Crippen LogP contribution in [0.3, 0.4) is 0 Å². The van der Waals surface area contributed by atoms with Crippen LogP contribution >= 0.6 is 11.3 Å². The lowest BCUT2D eigenvalue weighted by molar-refractivity contribution is 0.566. The SMILES string of the molecule is Cc1cocc1-c1c2ccccc2c(-c2cccc3c2sc2ccc(-c4c5ccccc5c(-c5ccccc5)c5ccccc45)cc23)c2ccccc12. The fourth-order valence-electron chi connectivity index (χ4n) is 8.83. The van der Waals surface area contributed by atoms with E-state index in [-0.39, 0.29) is 0 Å². The normalized spacial score (nSPS) is 11.9. The van der Waals surface area contributed by atoms with Gasteiger partial charge in [0.05, 0.1) is 12.5 Å². The first-order valence-electron chi connectivity index (χ1n) is 18.2. The summed E-state index contributed by atoms with van der Waals surface area (Å²) >= 11 is 1.90. The monoisotopic (exact) mass is 692 g/mol. The second kappa shape index (κ2) is 11.8. The molecule has 2 aromatic heterocycles. The van der Waals surface area contributed by atoms with E-state index in [4.69, 9.17) is 4.42 Å². The lowest BCUT2D eigenvalue weighted by atomic mass is 9.85. The van der Waals surface area contributed by atoms with Gasteiger partial charge in [0.15, 0.2) is 0 Å². The molecule has 0 atom stereocenters. The first-order chi connectivity index (χ1) is 26.2. The van der Waals surface area contributed by atoms with Crippen molar-refractivity contribution in [2.24, 2.45) is 0 Å². The summed E-state index contributed by atoms with van der Waals surface area (Å²) in [5.74, 6) is 0. The summed E-state index contributed by atoms with van der Waals surface area (Å²) in [7, 11) is 0. The van der Waals surface area contributed by atoms with Crippen molar-refractivity contribution >= 4 is 74.6 Å². The maximum Gasteiger partial charge on any atom is 0.0984 e. The number of thiophene rings is 1. The van der Waals surface area contributed by atoms with Gasteiger partial charge < -0.3 is 4.42 Å². The van der Waals surface area contributed by atoms with Gasteiger partial charge in [0, 0.05) is 36.9 Å². The standard InChI is InChI=1S/C51H32OS/c1-31-29-52-30-45(31)50-40-22-11-9-20-38(40)49(39-21-10-12-23-41(39)50)43-25-13-24-42-44-28-33(26-27-46(44)53-51(42)43)48-36-18-7-5-16-34(36)47(32-14-3-2-4-15-32)35-17-6-8-19-37(35)48/h2-30H,1H3. The summed E-state index contributed by atoms with van der Waals surface area (Å²) in [6.07, 6.45) is 3.75. The minimum atomic E-state index is 1.14. The third kappa shape index (κ3) is 4.49. The van der Waals surface area contributed by atoms with Crippen molar-refractivity contribution in [2.45, 2.75) is 6.92 Å². The van der Waals surface area contributed by atoms with Gasteiger partial charge in [-0.2, -0.15) is 0 Å². The predicted octanol–water partition coefficient (Wildman–Crippen LogP) is 15.2. The molecule has 0 aliphatic rings. The molecule has 11 aromatic rings. The van der Waals surface area contributed by atoms with Crippen LogP contribution in [0.25, 0.3) is 108 Å². The molecule has 0 amide bonds. The molecule has 248 valence electrons. The molecular formula is C51H32OS. The minimum Gasteiger partial charge on any atom is -0.472 e. The molecule has 0 aliphatic heterocycles. The largest absolute Gasteiger partial charge is 0.472 e. The highest BCUT2D eigenvalue weighted by Gasteiger charge is 2.22. The lowest BCUT2D eigenvalue weighted by Crippen LogP contribution is -1.91. The Bertz CT molecular complexity index is 3120. The molecule has 0 unspecified atom stereocenters. The van der Waals surface area contributed by atoms with Gasteiger partial charge in [-0.3, -0.25) is 0 Å². The van der Waals surface area contributed by atoms with E-state index in [0.717, 1.165) is 11.1 Å². The molecular weight excluding hydrogens is 661 g/mol. The van der Waals surface area contributed by atoms with E-state index in [0.29, 0.717) is 0 Å². The third-order valence-electron chi connectivity index (χ3n) is 11.1. The van der Waals surface area contributed by atoms with Gasteiger partial charge in [0.2, 0.25) is 0 Å². The summed E-state index contributed by atoms with van der Waals surface area (Å²) in [5.41, 5.74) is 11.1. The van der Waals surface area contributed by atoms with Gasteiger partial charge in [-0.15, -0.1) is 11.3 Å². The van der Waals surface area contributed by atoms with Gasteiger partial charge in [0.1, 0.15) is 0 Å². The van der Waals surface area contributed by atoms with Crippen LogP contribution in [0.4, 0.5) is 0 Å². The number of rotatable bonds is 4. The summed E-state index contributed by atoms with van der Waals surface area (Å²) in [6.45, 7) is 2.13. The Balaban J connectivity index is 1.18. The topological polar surface area (TPSA) is 13.1 Å². The molecule has 2 heterocycles. The molecule has 0 radical (unpaired) electrons. The molecule has 2 heteroatoms. The van der Waals surface area contributed by atoms with Gasteiger partial charge in [-0.25, -0.2) is 0 Å². The van der Waals surface area contributed by atoms with Gasteiger partial charge in [-0.1, -0.05) is 152 Å². The third-order valence-corrected chi connectivity index (χ3v) is 12.3. The van der Waals surface area contributed by atoms with Crippen LogP contribution in [-0.4, -0.2) is 0 Å². The number of fused-ring (bicyclic) bond motifs is 7. The molecule has 0 saturated carbocycles. The Kier molecular flexibility index (Phi) is 6.71. The molecule has 0 N–H and O–H groups in total. The van der Waals surface area contributed by atoms with E-state index in [1.54, 1.807) is 0 Å². The molecule has 0 saturated heterocycles. The maximum atomic E-state index is 5.72. The van der Waals surface area contributed by atoms with Crippen molar-refractivity contribution in [3.8, 4) is 44.5 Å². The Hall–Kier alpha value is -6.48. The summed E-state index contributed by atoms with van der Waals surface area (Å²) in [4.78, 5) is 0. The van der Waals surface area contributed by atoms with Crippen LogP contribution in [0.1, 0.15) is 5.56 Å². The first-order valence-corrected chi connectivity index (χ1v) is 19.0. The molecule has 9 aromatic carbocycles. The van der Waals surface area contributed by atoms with Crippen molar-refractivity contribution < 1.29 is 4.42 Å². The van der Waals surface area contributed by atoms with Crippen molar-refractivity contribution in [1.29, 1.82) is 0 Å². The smallest absolute Gasteiger partial charge is 0.0984 e. The Labute approximate surface area is 311 Å². The molecule has 53 heavy (non-hydrogen) atoms. The minimum absolute atomic E-state index is 1.14. The zero-order chi connectivity index (χ0) is 35.0. The van der Waals surface area contributed by atoms with Crippen LogP contribution in [-0.2, 0) is 0 Å². The van der Waals surface area contributed by atoms with E-state index >= 15 is 0 Å². The fraction of sp³-hybridized carbons (Fsp3) is 0.0196. The highest BCUT2D eigenvalue weighted by Crippen LogP contribution is 2.50. The predicted molar refractivity (Wildman–Crippen MR) is 228 cm³/mol. The zero-order valence-electron chi connectivity index (χ0n) is 29.1. The number of benzene rings is 9. The highest BCUT2D eigenvalue weighted by atomic mass is 32.1. The summed E-state index contributed by atoms with van der Waals surface area (Å²) < 4.78 is 8.33. The van der Waals surface area contributed by atoms with Gasteiger partial charge in [0.25, 0.3) is 0 Å². The van der Waals surface area contributed by atoms with Crippen LogP contribution in [0.2, 0.25) is 0 Å². The lowest BCUT2D eigenvalue weighted by Gasteiger charge is -2.18. The number of furan rings is 1. The van der Waals surface area contributed by atoms with E-state index in [9.17, 15) is 0 Å². The molecule has 0 spiro atoms. The number of aryl methyl sites for hydroxylation is 1.